The van der Waals surface area contributed by atoms with Crippen LogP contribution in [0.5, 0.6) is 0 Å². The van der Waals surface area contributed by atoms with E-state index in [1.165, 1.54) is 4.57 Å². The normalized spacial score (nSPS) is 20.2. The molecule has 3 rings (SSSR count). The molecule has 0 N–H and O–H groups in total. The highest BCUT2D eigenvalue weighted by atomic mass is 35.5. The van der Waals surface area contributed by atoms with E-state index in [0.717, 1.165) is 6.42 Å². The Bertz CT molecular complexity index is 984. The number of ether oxygens (including phenoxy) is 1. The highest BCUT2D eigenvalue weighted by Gasteiger charge is 2.37. The van der Waals surface area contributed by atoms with Crippen molar-refractivity contribution >= 4 is 34.5 Å². The van der Waals surface area contributed by atoms with Gasteiger partial charge in [-0.1, -0.05) is 18.5 Å². The highest BCUT2D eigenvalue weighted by molar-refractivity contribution is 6.29. The number of aryl methyl sites for hydroxylation is 1. The number of pyridine rings is 1. The summed E-state index contributed by atoms with van der Waals surface area (Å²) in [6, 6.07) is 3.29. The molecular formula is C20H28ClN5O3. The van der Waals surface area contributed by atoms with E-state index in [9.17, 15) is 9.59 Å². The third kappa shape index (κ3) is 4.32. The molecule has 9 heteroatoms. The minimum absolute atomic E-state index is 0.0684. The molecule has 2 aromatic heterocycles. The van der Waals surface area contributed by atoms with Crippen molar-refractivity contribution in [3.63, 3.8) is 0 Å². The van der Waals surface area contributed by atoms with Gasteiger partial charge in [0.1, 0.15) is 16.3 Å². The maximum atomic E-state index is 12.7. The molecule has 0 spiro atoms. The molecule has 0 unspecified atom stereocenters. The summed E-state index contributed by atoms with van der Waals surface area (Å²) in [5, 5.41) is 0.339. The lowest BCUT2D eigenvalue weighted by molar-refractivity contribution is 0.0106. The number of carbonyl (C=O) groups is 1. The number of anilines is 1. The molecule has 158 valence electrons. The Morgan fingerprint density at radius 3 is 2.59 bits per heavy atom. The maximum absolute atomic E-state index is 12.7. The molecule has 8 nitrogen and oxygen atoms in total. The van der Waals surface area contributed by atoms with Gasteiger partial charge in [-0.25, -0.2) is 14.6 Å². The van der Waals surface area contributed by atoms with Crippen molar-refractivity contribution in [3.05, 3.63) is 27.8 Å². The molecule has 0 radical (unpaired) electrons. The highest BCUT2D eigenvalue weighted by Crippen LogP contribution is 2.29. The van der Waals surface area contributed by atoms with E-state index in [-0.39, 0.29) is 23.9 Å². The number of halogens is 1. The fourth-order valence-electron chi connectivity index (χ4n) is 3.61. The van der Waals surface area contributed by atoms with E-state index < -0.39 is 5.60 Å². The van der Waals surface area contributed by atoms with Gasteiger partial charge in [-0.05, 0) is 46.2 Å². The number of nitrogens with zero attached hydrogens (tertiary/aromatic N) is 5. The summed E-state index contributed by atoms with van der Waals surface area (Å²) in [6.45, 7) is 10.6. The lowest BCUT2D eigenvalue weighted by Crippen LogP contribution is -2.60. The monoisotopic (exact) mass is 421 g/mol. The smallest absolute Gasteiger partial charge is 0.410 e. The predicted molar refractivity (Wildman–Crippen MR) is 114 cm³/mol. The third-order valence-corrected chi connectivity index (χ3v) is 5.32. The molecule has 2 aromatic rings. The van der Waals surface area contributed by atoms with Crippen molar-refractivity contribution in [1.29, 1.82) is 0 Å². The summed E-state index contributed by atoms with van der Waals surface area (Å²) in [4.78, 5) is 37.7. The number of fused-ring (bicyclic) bond motifs is 1. The Balaban J connectivity index is 2.00. The number of hydrogen-bond acceptors (Lipinski definition) is 6. The van der Waals surface area contributed by atoms with Crippen molar-refractivity contribution in [1.82, 2.24) is 19.4 Å². The van der Waals surface area contributed by atoms with Crippen LogP contribution in [0.1, 0.15) is 41.0 Å². The van der Waals surface area contributed by atoms with Crippen molar-refractivity contribution < 1.29 is 9.53 Å². The SMILES string of the molecule is CC[C@@H]1CN(c2nc(=O)n(C)c3ccc(Cl)nc23)[C@@H](C)CN1C(=O)OC(C)(C)C. The van der Waals surface area contributed by atoms with Crippen LogP contribution in [0.2, 0.25) is 5.15 Å². The van der Waals surface area contributed by atoms with Crippen LogP contribution in [0.15, 0.2) is 16.9 Å². The van der Waals surface area contributed by atoms with Crippen LogP contribution in [-0.2, 0) is 11.8 Å². The molecule has 0 bridgehead atoms. The first-order chi connectivity index (χ1) is 13.5. The van der Waals surface area contributed by atoms with Crippen LogP contribution < -0.4 is 10.6 Å². The standard InChI is InChI=1S/C20H28ClN5O3/c1-7-13-11-25(12(2)10-26(13)19(28)29-20(3,4)5)17-16-14(8-9-15(21)22-16)24(6)18(27)23-17/h8-9,12-13H,7,10-11H2,1-6H3/t12-,13+/m0/s1. The number of carbonyl (C=O) groups excluding carboxylic acids is 1. The van der Waals surface area contributed by atoms with Crippen LogP contribution in [-0.4, -0.2) is 56.3 Å². The molecular weight excluding hydrogens is 394 g/mol. The second-order valence-corrected chi connectivity index (χ2v) is 8.86. The number of piperazine rings is 1. The zero-order valence-electron chi connectivity index (χ0n) is 17.8. The summed E-state index contributed by atoms with van der Waals surface area (Å²) in [5.74, 6) is 0.500. The predicted octanol–water partition coefficient (Wildman–Crippen LogP) is 3.21. The van der Waals surface area contributed by atoms with E-state index in [1.54, 1.807) is 24.1 Å². The van der Waals surface area contributed by atoms with Crippen LogP contribution in [0.3, 0.4) is 0 Å². The molecule has 1 aliphatic heterocycles. The largest absolute Gasteiger partial charge is 0.444 e. The maximum Gasteiger partial charge on any atom is 0.410 e. The van der Waals surface area contributed by atoms with E-state index >= 15 is 0 Å². The van der Waals surface area contributed by atoms with Gasteiger partial charge in [0.05, 0.1) is 11.6 Å². The quantitative estimate of drug-likeness (QED) is 0.692. The molecule has 1 aliphatic rings. The lowest BCUT2D eigenvalue weighted by atomic mass is 10.1. The van der Waals surface area contributed by atoms with E-state index in [1.807, 2.05) is 39.5 Å². The van der Waals surface area contributed by atoms with E-state index in [2.05, 4.69) is 9.97 Å². The number of aromatic nitrogens is 3. The first kappa shape index (κ1) is 21.4. The molecule has 0 aromatic carbocycles. The van der Waals surface area contributed by atoms with Gasteiger partial charge in [-0.15, -0.1) is 0 Å². The molecule has 29 heavy (non-hydrogen) atoms. The van der Waals surface area contributed by atoms with Gasteiger partial charge in [0.2, 0.25) is 0 Å². The van der Waals surface area contributed by atoms with Gasteiger partial charge in [-0.2, -0.15) is 4.98 Å². The molecule has 1 fully saturated rings. The summed E-state index contributed by atoms with van der Waals surface area (Å²) >= 11 is 6.13. The van der Waals surface area contributed by atoms with Gasteiger partial charge in [0, 0.05) is 26.2 Å². The van der Waals surface area contributed by atoms with Crippen LogP contribution in [0.4, 0.5) is 10.6 Å². The van der Waals surface area contributed by atoms with Gasteiger partial charge < -0.3 is 14.5 Å². The van der Waals surface area contributed by atoms with Gasteiger partial charge in [0.25, 0.3) is 0 Å². The zero-order chi connectivity index (χ0) is 21.5. The van der Waals surface area contributed by atoms with Gasteiger partial charge >= 0.3 is 11.8 Å². The minimum Gasteiger partial charge on any atom is -0.444 e. The average Bonchev–Trinajstić information content (AvgIpc) is 2.63. The Kier molecular flexibility index (Phi) is 5.76. The van der Waals surface area contributed by atoms with E-state index in [0.29, 0.717) is 35.1 Å². The van der Waals surface area contributed by atoms with E-state index in [4.69, 9.17) is 16.3 Å². The molecule has 1 amide bonds. The van der Waals surface area contributed by atoms with Gasteiger partial charge in [0.15, 0.2) is 5.82 Å². The van der Waals surface area contributed by atoms with Crippen LogP contribution >= 0.6 is 11.6 Å². The summed E-state index contributed by atoms with van der Waals surface area (Å²) in [5.41, 5.74) is 0.331. The summed E-state index contributed by atoms with van der Waals surface area (Å²) in [6.07, 6.45) is 0.429. The zero-order valence-corrected chi connectivity index (χ0v) is 18.5. The molecule has 0 saturated carbocycles. The molecule has 0 aliphatic carbocycles. The summed E-state index contributed by atoms with van der Waals surface area (Å²) in [7, 11) is 1.66. The molecule has 2 atom stereocenters. The fraction of sp³-hybridized carbons (Fsp3) is 0.600. The third-order valence-electron chi connectivity index (χ3n) is 5.11. The van der Waals surface area contributed by atoms with Gasteiger partial charge in [-0.3, -0.25) is 4.57 Å². The van der Waals surface area contributed by atoms with Crippen molar-refractivity contribution in [2.75, 3.05) is 18.0 Å². The lowest BCUT2D eigenvalue weighted by Gasteiger charge is -2.45. The second kappa shape index (κ2) is 7.82. The summed E-state index contributed by atoms with van der Waals surface area (Å²) < 4.78 is 7.05. The van der Waals surface area contributed by atoms with Crippen molar-refractivity contribution in [3.8, 4) is 0 Å². The second-order valence-electron chi connectivity index (χ2n) is 8.47. The Morgan fingerprint density at radius 1 is 1.28 bits per heavy atom. The van der Waals surface area contributed by atoms with Crippen molar-refractivity contribution in [2.24, 2.45) is 7.05 Å². The Labute approximate surface area is 175 Å². The van der Waals surface area contributed by atoms with Crippen LogP contribution in [0, 0.1) is 0 Å². The molecule has 1 saturated heterocycles. The minimum atomic E-state index is -0.556. The van der Waals surface area contributed by atoms with Crippen LogP contribution in [0.25, 0.3) is 11.0 Å². The first-order valence-corrected chi connectivity index (χ1v) is 10.2. The fourth-order valence-corrected chi connectivity index (χ4v) is 3.76. The average molecular weight is 422 g/mol. The number of amides is 1. The molecule has 3 heterocycles. The Morgan fingerprint density at radius 2 is 1.97 bits per heavy atom. The Hall–Kier alpha value is -2.35. The number of hydrogen-bond donors (Lipinski definition) is 0. The van der Waals surface area contributed by atoms with Crippen molar-refractivity contribution in [2.45, 2.75) is 58.7 Å². The topological polar surface area (TPSA) is 80.6 Å². The first-order valence-electron chi connectivity index (χ1n) is 9.81. The number of rotatable bonds is 2.